The first kappa shape index (κ1) is 13.6. The number of carbonyl (C=O) groups excluding carboxylic acids is 1. The quantitative estimate of drug-likeness (QED) is 0.888. The molecule has 3 rings (SSSR count). The van der Waals surface area contributed by atoms with E-state index in [1.54, 1.807) is 24.3 Å². The number of fused-ring (bicyclic) bond motifs is 1. The summed E-state index contributed by atoms with van der Waals surface area (Å²) in [6.45, 7) is 1.62. The van der Waals surface area contributed by atoms with Crippen LogP contribution in [0.1, 0.15) is 12.7 Å². The van der Waals surface area contributed by atoms with Crippen LogP contribution in [0.25, 0.3) is 0 Å². The number of imidazole rings is 1. The largest absolute Gasteiger partial charge is 0.332 e. The number of nitrogens with one attached hydrogen (secondary N) is 2. The van der Waals surface area contributed by atoms with Crippen molar-refractivity contribution in [1.82, 2.24) is 9.97 Å². The molecule has 21 heavy (non-hydrogen) atoms. The third kappa shape index (κ3) is 2.27. The van der Waals surface area contributed by atoms with Crippen LogP contribution in [0.4, 0.5) is 11.4 Å². The Balaban J connectivity index is 2.09. The minimum absolute atomic E-state index is 0.0103. The number of H-pyrrole nitrogens is 1. The van der Waals surface area contributed by atoms with Gasteiger partial charge in [-0.25, -0.2) is 4.98 Å². The highest BCUT2D eigenvalue weighted by molar-refractivity contribution is 7.92. The fourth-order valence-corrected chi connectivity index (χ4v) is 3.56. The minimum atomic E-state index is -3.84. The van der Waals surface area contributed by atoms with Gasteiger partial charge in [-0.15, -0.1) is 0 Å². The lowest BCUT2D eigenvalue weighted by Gasteiger charge is -2.29. The van der Waals surface area contributed by atoms with Crippen LogP contribution in [0.2, 0.25) is 0 Å². The molecule has 0 fully saturated rings. The molecular weight excluding hydrogens is 292 g/mol. The van der Waals surface area contributed by atoms with Crippen LogP contribution < -0.4 is 9.62 Å². The second kappa shape index (κ2) is 4.88. The Bertz CT molecular complexity index is 797. The number of anilines is 2. The molecule has 1 aromatic heterocycles. The molecule has 2 heterocycles. The lowest BCUT2D eigenvalue weighted by molar-refractivity contribution is -0.115. The SMILES string of the molecule is CCc1ncc(S(=O)(=O)N2CC(=O)Nc3ccccc32)[nH]1. The lowest BCUT2D eigenvalue weighted by Crippen LogP contribution is -2.42. The maximum Gasteiger partial charge on any atom is 0.281 e. The fourth-order valence-electron chi connectivity index (χ4n) is 2.19. The number of hydrogen-bond donors (Lipinski definition) is 2. The molecule has 0 saturated heterocycles. The number of aromatic amines is 1. The van der Waals surface area contributed by atoms with Gasteiger partial charge in [0.1, 0.15) is 12.4 Å². The number of hydrogen-bond acceptors (Lipinski definition) is 4. The summed E-state index contributed by atoms with van der Waals surface area (Å²) in [5.74, 6) is 0.218. The molecule has 1 aliphatic rings. The molecule has 0 atom stereocenters. The van der Waals surface area contributed by atoms with Crippen LogP contribution in [0.3, 0.4) is 0 Å². The van der Waals surface area contributed by atoms with E-state index in [-0.39, 0.29) is 17.5 Å². The van der Waals surface area contributed by atoms with E-state index in [1.807, 2.05) is 6.92 Å². The van der Waals surface area contributed by atoms with Gasteiger partial charge in [-0.2, -0.15) is 8.42 Å². The summed E-state index contributed by atoms with van der Waals surface area (Å²) in [4.78, 5) is 18.5. The summed E-state index contributed by atoms with van der Waals surface area (Å²) in [5, 5.41) is 2.65. The Morgan fingerprint density at radius 1 is 1.33 bits per heavy atom. The smallest absolute Gasteiger partial charge is 0.281 e. The Labute approximate surface area is 122 Å². The van der Waals surface area contributed by atoms with Crippen LogP contribution >= 0.6 is 0 Å². The Hall–Kier alpha value is -2.35. The summed E-state index contributed by atoms with van der Waals surface area (Å²) in [6, 6.07) is 6.78. The van der Waals surface area contributed by atoms with Crippen molar-refractivity contribution in [2.75, 3.05) is 16.2 Å². The minimum Gasteiger partial charge on any atom is -0.332 e. The third-order valence-corrected chi connectivity index (χ3v) is 4.91. The highest BCUT2D eigenvalue weighted by Gasteiger charge is 2.33. The first-order chi connectivity index (χ1) is 10.0. The van der Waals surface area contributed by atoms with Crippen molar-refractivity contribution < 1.29 is 13.2 Å². The topological polar surface area (TPSA) is 95.2 Å². The Morgan fingerprint density at radius 3 is 2.81 bits per heavy atom. The van der Waals surface area contributed by atoms with Crippen molar-refractivity contribution in [2.45, 2.75) is 18.4 Å². The molecule has 0 unspecified atom stereocenters. The molecule has 2 N–H and O–H groups in total. The van der Waals surface area contributed by atoms with Gasteiger partial charge in [-0.1, -0.05) is 19.1 Å². The highest BCUT2D eigenvalue weighted by Crippen LogP contribution is 2.32. The molecule has 2 aromatic rings. The van der Waals surface area contributed by atoms with E-state index in [0.29, 0.717) is 23.6 Å². The highest BCUT2D eigenvalue weighted by atomic mass is 32.2. The van der Waals surface area contributed by atoms with E-state index in [4.69, 9.17) is 0 Å². The second-order valence-electron chi connectivity index (χ2n) is 4.62. The summed E-state index contributed by atoms with van der Waals surface area (Å²) < 4.78 is 26.5. The zero-order valence-electron chi connectivity index (χ0n) is 11.3. The number of aryl methyl sites for hydroxylation is 1. The van der Waals surface area contributed by atoms with Gasteiger partial charge >= 0.3 is 0 Å². The first-order valence-electron chi connectivity index (χ1n) is 6.48. The van der Waals surface area contributed by atoms with Gasteiger partial charge in [0.2, 0.25) is 5.91 Å². The maximum absolute atomic E-state index is 12.7. The van der Waals surface area contributed by atoms with E-state index in [2.05, 4.69) is 15.3 Å². The second-order valence-corrected chi connectivity index (χ2v) is 6.46. The fraction of sp³-hybridized carbons (Fsp3) is 0.231. The number of sulfonamides is 1. The molecular formula is C13H14N4O3S. The predicted molar refractivity (Wildman–Crippen MR) is 77.6 cm³/mol. The molecule has 8 heteroatoms. The van der Waals surface area contributed by atoms with Gasteiger partial charge in [-0.05, 0) is 12.1 Å². The molecule has 0 bridgehead atoms. The molecule has 0 spiro atoms. The molecule has 0 radical (unpaired) electrons. The molecule has 0 aliphatic carbocycles. The van der Waals surface area contributed by atoms with E-state index in [0.717, 1.165) is 4.31 Å². The van der Waals surface area contributed by atoms with Gasteiger partial charge in [0.15, 0.2) is 5.03 Å². The zero-order chi connectivity index (χ0) is 15.0. The van der Waals surface area contributed by atoms with Crippen LogP contribution in [0.15, 0.2) is 35.5 Å². The molecule has 110 valence electrons. The predicted octanol–water partition coefficient (Wildman–Crippen LogP) is 1.12. The summed E-state index contributed by atoms with van der Waals surface area (Å²) in [6.07, 6.45) is 1.88. The number of nitrogens with zero attached hydrogens (tertiary/aromatic N) is 2. The average Bonchev–Trinajstić information content (AvgIpc) is 2.96. The molecule has 1 amide bonds. The third-order valence-electron chi connectivity index (χ3n) is 3.24. The molecule has 0 saturated carbocycles. The van der Waals surface area contributed by atoms with Crippen molar-refractivity contribution >= 4 is 27.3 Å². The van der Waals surface area contributed by atoms with Crippen molar-refractivity contribution in [1.29, 1.82) is 0 Å². The van der Waals surface area contributed by atoms with Gasteiger partial charge in [0.05, 0.1) is 17.6 Å². The maximum atomic E-state index is 12.7. The van der Waals surface area contributed by atoms with Gasteiger partial charge in [-0.3, -0.25) is 9.10 Å². The van der Waals surface area contributed by atoms with E-state index in [1.165, 1.54) is 6.20 Å². The average molecular weight is 306 g/mol. The van der Waals surface area contributed by atoms with Crippen molar-refractivity contribution in [3.05, 3.63) is 36.3 Å². The van der Waals surface area contributed by atoms with E-state index < -0.39 is 10.0 Å². The zero-order valence-corrected chi connectivity index (χ0v) is 12.1. The van der Waals surface area contributed by atoms with E-state index in [9.17, 15) is 13.2 Å². The standard InChI is InChI=1S/C13H14N4O3S/c1-2-11-14-7-13(16-11)21(19,20)17-8-12(18)15-9-5-3-4-6-10(9)17/h3-7H,2,8H2,1H3,(H,14,16)(H,15,18). The first-order valence-corrected chi connectivity index (χ1v) is 7.92. The van der Waals surface area contributed by atoms with Gasteiger partial charge in [0, 0.05) is 6.42 Å². The van der Waals surface area contributed by atoms with Crippen LogP contribution in [0, 0.1) is 0 Å². The molecule has 1 aromatic carbocycles. The van der Waals surface area contributed by atoms with Crippen molar-refractivity contribution in [3.63, 3.8) is 0 Å². The van der Waals surface area contributed by atoms with Gasteiger partial charge < -0.3 is 10.3 Å². The van der Waals surface area contributed by atoms with Crippen LogP contribution in [0.5, 0.6) is 0 Å². The lowest BCUT2D eigenvalue weighted by atomic mass is 10.2. The Morgan fingerprint density at radius 2 is 2.10 bits per heavy atom. The summed E-state index contributed by atoms with van der Waals surface area (Å²) >= 11 is 0. The summed E-state index contributed by atoms with van der Waals surface area (Å²) in [5.41, 5.74) is 0.928. The molecule has 7 nitrogen and oxygen atoms in total. The monoisotopic (exact) mass is 306 g/mol. The molecule has 1 aliphatic heterocycles. The van der Waals surface area contributed by atoms with Crippen LogP contribution in [-0.4, -0.2) is 30.8 Å². The van der Waals surface area contributed by atoms with Crippen molar-refractivity contribution in [2.24, 2.45) is 0 Å². The number of carbonyl (C=O) groups is 1. The Kier molecular flexibility index (Phi) is 3.17. The summed E-state index contributed by atoms with van der Waals surface area (Å²) in [7, 11) is -3.84. The number of aromatic nitrogens is 2. The number of para-hydroxylation sites is 2. The van der Waals surface area contributed by atoms with Crippen LogP contribution in [-0.2, 0) is 21.2 Å². The number of rotatable bonds is 3. The number of amides is 1. The number of benzene rings is 1. The van der Waals surface area contributed by atoms with Crippen molar-refractivity contribution in [3.8, 4) is 0 Å². The van der Waals surface area contributed by atoms with Gasteiger partial charge in [0.25, 0.3) is 10.0 Å². The normalized spacial score (nSPS) is 14.7. The van der Waals surface area contributed by atoms with E-state index >= 15 is 0 Å².